The molecule has 2 heterocycles. The molecule has 1 fully saturated rings. The van der Waals surface area contributed by atoms with Crippen LogP contribution in [0.25, 0.3) is 21.7 Å². The number of piperidine rings is 1. The molecule has 1 aliphatic rings. The highest BCUT2D eigenvalue weighted by molar-refractivity contribution is 6.06. The van der Waals surface area contributed by atoms with Crippen molar-refractivity contribution < 1.29 is 19.1 Å². The molecule has 0 unspecified atom stereocenters. The van der Waals surface area contributed by atoms with E-state index in [4.69, 9.17) is 9.52 Å². The Kier molecular flexibility index (Phi) is 4.37. The lowest BCUT2D eigenvalue weighted by molar-refractivity contribution is -0.138. The fourth-order valence-electron chi connectivity index (χ4n) is 3.83. The van der Waals surface area contributed by atoms with Gasteiger partial charge < -0.3 is 14.4 Å². The number of rotatable bonds is 4. The van der Waals surface area contributed by atoms with Gasteiger partial charge in [0.1, 0.15) is 11.3 Å². The largest absolute Gasteiger partial charge is 0.481 e. The molecule has 0 spiro atoms. The first kappa shape index (κ1) is 16.6. The average Bonchev–Trinajstić information content (AvgIpc) is 3.04. The van der Waals surface area contributed by atoms with Crippen molar-refractivity contribution in [1.82, 2.24) is 4.90 Å². The Morgan fingerprint density at radius 2 is 1.85 bits per heavy atom. The third-order valence-corrected chi connectivity index (χ3v) is 5.23. The molecular formula is C21H21NO4. The second kappa shape index (κ2) is 6.83. The van der Waals surface area contributed by atoms with Crippen molar-refractivity contribution in [3.63, 3.8) is 0 Å². The summed E-state index contributed by atoms with van der Waals surface area (Å²) in [6.45, 7) is 1.25. The number of aliphatic carboxylic acids is 1. The smallest absolute Gasteiger partial charge is 0.303 e. The zero-order chi connectivity index (χ0) is 18.1. The van der Waals surface area contributed by atoms with E-state index in [2.05, 4.69) is 12.1 Å². The van der Waals surface area contributed by atoms with Gasteiger partial charge in [-0.3, -0.25) is 9.59 Å². The molecule has 26 heavy (non-hydrogen) atoms. The summed E-state index contributed by atoms with van der Waals surface area (Å²) in [5.74, 6) is 0.134. The summed E-state index contributed by atoms with van der Waals surface area (Å²) >= 11 is 0. The first-order chi connectivity index (χ1) is 12.6. The third-order valence-electron chi connectivity index (χ3n) is 5.23. The summed E-state index contributed by atoms with van der Waals surface area (Å²) < 4.78 is 5.89. The zero-order valence-electron chi connectivity index (χ0n) is 14.5. The average molecular weight is 351 g/mol. The molecule has 0 aliphatic carbocycles. The summed E-state index contributed by atoms with van der Waals surface area (Å²) in [6.07, 6.45) is 1.94. The predicted molar refractivity (Wildman–Crippen MR) is 99.0 cm³/mol. The monoisotopic (exact) mass is 351 g/mol. The summed E-state index contributed by atoms with van der Waals surface area (Å²) in [7, 11) is 0. The molecule has 4 rings (SSSR count). The molecule has 0 radical (unpaired) electrons. The summed E-state index contributed by atoms with van der Waals surface area (Å²) in [5, 5.41) is 12.2. The maximum Gasteiger partial charge on any atom is 0.303 e. The van der Waals surface area contributed by atoms with Crippen molar-refractivity contribution >= 4 is 33.6 Å². The van der Waals surface area contributed by atoms with Crippen LogP contribution in [0.5, 0.6) is 0 Å². The number of nitrogens with zero attached hydrogens (tertiary/aromatic N) is 1. The second-order valence-electron chi connectivity index (χ2n) is 7.01. The minimum Gasteiger partial charge on any atom is -0.481 e. The predicted octanol–water partition coefficient (Wildman–Crippen LogP) is 3.84. The summed E-state index contributed by atoms with van der Waals surface area (Å²) in [6, 6.07) is 14.1. The molecule has 0 saturated carbocycles. The molecule has 134 valence electrons. The van der Waals surface area contributed by atoms with E-state index in [1.165, 1.54) is 0 Å². The highest BCUT2D eigenvalue weighted by atomic mass is 16.4. The van der Waals surface area contributed by atoms with E-state index in [0.717, 1.165) is 34.6 Å². The Labute approximate surface area is 151 Å². The molecule has 0 atom stereocenters. The van der Waals surface area contributed by atoms with Crippen LogP contribution in [0.15, 0.2) is 46.9 Å². The number of benzene rings is 2. The number of amides is 1. The number of likely N-dealkylation sites (tertiary alicyclic amines) is 1. The van der Waals surface area contributed by atoms with E-state index in [1.807, 2.05) is 35.2 Å². The lowest BCUT2D eigenvalue weighted by atomic mass is 9.93. The second-order valence-corrected chi connectivity index (χ2v) is 7.01. The van der Waals surface area contributed by atoms with Gasteiger partial charge in [0.25, 0.3) is 0 Å². The number of carboxylic acid groups (broad SMARTS) is 1. The van der Waals surface area contributed by atoms with E-state index in [1.54, 1.807) is 0 Å². The fourth-order valence-corrected chi connectivity index (χ4v) is 3.83. The van der Waals surface area contributed by atoms with E-state index in [9.17, 15) is 9.59 Å². The molecule has 1 aromatic heterocycles. The van der Waals surface area contributed by atoms with E-state index in [-0.39, 0.29) is 24.7 Å². The number of carbonyl (C=O) groups is 2. The molecule has 5 heteroatoms. The van der Waals surface area contributed by atoms with Gasteiger partial charge in [0.05, 0.1) is 6.42 Å². The highest BCUT2D eigenvalue weighted by Crippen LogP contribution is 2.29. The van der Waals surface area contributed by atoms with Gasteiger partial charge in [-0.25, -0.2) is 0 Å². The van der Waals surface area contributed by atoms with E-state index >= 15 is 0 Å². The van der Waals surface area contributed by atoms with Crippen molar-refractivity contribution in [3.8, 4) is 0 Å². The van der Waals surface area contributed by atoms with Gasteiger partial charge >= 0.3 is 5.97 Å². The van der Waals surface area contributed by atoms with Crippen LogP contribution in [-0.4, -0.2) is 35.0 Å². The van der Waals surface area contributed by atoms with Crippen LogP contribution < -0.4 is 0 Å². The van der Waals surface area contributed by atoms with Crippen LogP contribution in [0.2, 0.25) is 0 Å². The van der Waals surface area contributed by atoms with Crippen molar-refractivity contribution in [2.24, 2.45) is 5.92 Å². The van der Waals surface area contributed by atoms with Gasteiger partial charge in [0.2, 0.25) is 5.91 Å². The Morgan fingerprint density at radius 1 is 1.08 bits per heavy atom. The van der Waals surface area contributed by atoms with Gasteiger partial charge in [-0.15, -0.1) is 0 Å². The van der Waals surface area contributed by atoms with Gasteiger partial charge in [-0.2, -0.15) is 0 Å². The van der Waals surface area contributed by atoms with Crippen LogP contribution in [0.4, 0.5) is 0 Å². The van der Waals surface area contributed by atoms with Crippen molar-refractivity contribution in [2.45, 2.75) is 25.7 Å². The van der Waals surface area contributed by atoms with Crippen molar-refractivity contribution in [2.75, 3.05) is 13.1 Å². The maximum absolute atomic E-state index is 12.6. The summed E-state index contributed by atoms with van der Waals surface area (Å²) in [4.78, 5) is 25.2. The first-order valence-electron chi connectivity index (χ1n) is 9.00. The van der Waals surface area contributed by atoms with Gasteiger partial charge in [0, 0.05) is 24.9 Å². The van der Waals surface area contributed by atoms with Gasteiger partial charge in [-0.1, -0.05) is 30.3 Å². The lowest BCUT2D eigenvalue weighted by Crippen LogP contribution is -2.39. The maximum atomic E-state index is 12.6. The first-order valence-corrected chi connectivity index (χ1v) is 9.00. The minimum atomic E-state index is -0.760. The Morgan fingerprint density at radius 3 is 2.62 bits per heavy atom. The standard InChI is InChI=1S/C21H21NO4/c23-20(22-9-7-14(8-10-22)11-21(24)25)13-16-12-18-17-4-2-1-3-15(17)5-6-19(18)26-16/h1-6,12,14H,7-11,13H2,(H,24,25). The third kappa shape index (κ3) is 3.29. The molecule has 5 nitrogen and oxygen atoms in total. The number of fused-ring (bicyclic) bond motifs is 3. The topological polar surface area (TPSA) is 70.8 Å². The minimum absolute atomic E-state index is 0.0436. The molecule has 3 aromatic rings. The SMILES string of the molecule is O=C(O)CC1CCN(C(=O)Cc2cc3c(ccc4ccccc43)o2)CC1. The zero-order valence-corrected chi connectivity index (χ0v) is 14.5. The van der Waals surface area contributed by atoms with E-state index < -0.39 is 5.97 Å². The van der Waals surface area contributed by atoms with Gasteiger partial charge in [-0.05, 0) is 41.7 Å². The molecule has 1 N–H and O–H groups in total. The van der Waals surface area contributed by atoms with Crippen molar-refractivity contribution in [1.29, 1.82) is 0 Å². The number of hydrogen-bond acceptors (Lipinski definition) is 3. The van der Waals surface area contributed by atoms with E-state index in [0.29, 0.717) is 18.8 Å². The van der Waals surface area contributed by atoms with Gasteiger partial charge in [0.15, 0.2) is 0 Å². The number of hydrogen-bond donors (Lipinski definition) is 1. The van der Waals surface area contributed by atoms with Crippen LogP contribution >= 0.6 is 0 Å². The number of furan rings is 1. The molecule has 1 saturated heterocycles. The number of carbonyl (C=O) groups excluding carboxylic acids is 1. The molecular weight excluding hydrogens is 330 g/mol. The van der Waals surface area contributed by atoms with Crippen molar-refractivity contribution in [3.05, 3.63) is 48.2 Å². The Balaban J connectivity index is 1.46. The Bertz CT molecular complexity index is 966. The van der Waals surface area contributed by atoms with Crippen LogP contribution in [-0.2, 0) is 16.0 Å². The highest BCUT2D eigenvalue weighted by Gasteiger charge is 2.25. The summed E-state index contributed by atoms with van der Waals surface area (Å²) in [5.41, 5.74) is 0.798. The Hall–Kier alpha value is -2.82. The van der Waals surface area contributed by atoms with Crippen LogP contribution in [0.3, 0.4) is 0 Å². The molecule has 1 aliphatic heterocycles. The molecule has 2 aromatic carbocycles. The van der Waals surface area contributed by atoms with Crippen LogP contribution in [0.1, 0.15) is 25.0 Å². The lowest BCUT2D eigenvalue weighted by Gasteiger charge is -2.31. The molecule has 0 bridgehead atoms. The van der Waals surface area contributed by atoms with Crippen LogP contribution in [0, 0.1) is 5.92 Å². The number of carboxylic acids is 1. The normalized spacial score (nSPS) is 15.6. The quantitative estimate of drug-likeness (QED) is 0.775. The fraction of sp³-hybridized carbons (Fsp3) is 0.333. The molecule has 1 amide bonds.